The predicted octanol–water partition coefficient (Wildman–Crippen LogP) is 2.25. The number of pyridine rings is 1. The molecule has 1 amide bonds. The second-order valence-corrected chi connectivity index (χ2v) is 8.27. The zero-order valence-electron chi connectivity index (χ0n) is 20.9. The van der Waals surface area contributed by atoms with E-state index in [1.807, 2.05) is 55.5 Å². The number of hydrogen-bond acceptors (Lipinski definition) is 7. The van der Waals surface area contributed by atoms with Crippen LogP contribution in [-0.4, -0.2) is 39.7 Å². The molecule has 0 bridgehead atoms. The summed E-state index contributed by atoms with van der Waals surface area (Å²) in [5.41, 5.74) is 13.8. The highest BCUT2D eigenvalue weighted by Gasteiger charge is 2.16. The number of aryl methyl sites for hydroxylation is 1. The van der Waals surface area contributed by atoms with Crippen molar-refractivity contribution >= 4 is 22.9 Å². The molecule has 0 saturated heterocycles. The minimum Gasteiger partial charge on any atom is -0.381 e. The Balaban J connectivity index is 0.000000198. The number of nitrogens with two attached hydrogens (primary N) is 2. The minimum atomic E-state index is -0.619. The van der Waals surface area contributed by atoms with Gasteiger partial charge in [-0.15, -0.1) is 5.10 Å². The number of rotatable bonds is 3. The van der Waals surface area contributed by atoms with Gasteiger partial charge in [0.05, 0.1) is 11.3 Å². The maximum Gasteiger partial charge on any atom is 0.283 e. The van der Waals surface area contributed by atoms with Crippen molar-refractivity contribution in [1.82, 2.24) is 33.8 Å². The second-order valence-electron chi connectivity index (χ2n) is 8.27. The van der Waals surface area contributed by atoms with Crippen LogP contribution in [0.1, 0.15) is 34.2 Å². The smallest absolute Gasteiger partial charge is 0.283 e. The van der Waals surface area contributed by atoms with Crippen molar-refractivity contribution in [3.63, 3.8) is 0 Å². The van der Waals surface area contributed by atoms with Gasteiger partial charge in [0.15, 0.2) is 11.5 Å². The van der Waals surface area contributed by atoms with Crippen LogP contribution in [0.2, 0.25) is 0 Å². The van der Waals surface area contributed by atoms with E-state index in [-0.39, 0.29) is 16.9 Å². The van der Waals surface area contributed by atoms with Gasteiger partial charge in [-0.2, -0.15) is 5.10 Å². The van der Waals surface area contributed by atoms with Gasteiger partial charge in [0.2, 0.25) is 0 Å². The second kappa shape index (κ2) is 10.7. The number of primary amides is 1. The summed E-state index contributed by atoms with van der Waals surface area (Å²) in [6.45, 7) is 1.99. The lowest BCUT2D eigenvalue weighted by molar-refractivity contribution is 0.100. The third-order valence-corrected chi connectivity index (χ3v) is 5.77. The molecule has 0 aliphatic carbocycles. The first-order valence-corrected chi connectivity index (χ1v) is 12.0. The summed E-state index contributed by atoms with van der Waals surface area (Å²) < 4.78 is 4.69. The molecule has 39 heavy (non-hydrogen) atoms. The van der Waals surface area contributed by atoms with Crippen LogP contribution >= 0.6 is 0 Å². The van der Waals surface area contributed by atoms with E-state index in [1.54, 1.807) is 46.1 Å². The standard InChI is InChI=1S/C21H16N4O.C7H7N5O/c1-2-19-23-24-15-12-17(9-8-16-10-13-22-14-11-16)20(24)21(26)25(19)18-6-4-3-5-7-18;8-5-4(6(9)13)7-10-2-1-3-12(7)11-5/h3-7,10-15H,2H2,1H3;1-3H,(H2,8,11)(H2,9,13). The van der Waals surface area contributed by atoms with Gasteiger partial charge < -0.3 is 11.5 Å². The first kappa shape index (κ1) is 24.9. The van der Waals surface area contributed by atoms with Crippen LogP contribution in [0.25, 0.3) is 16.9 Å². The maximum absolute atomic E-state index is 13.2. The van der Waals surface area contributed by atoms with Gasteiger partial charge in [0, 0.05) is 43.0 Å². The molecule has 11 nitrogen and oxygen atoms in total. The predicted molar refractivity (Wildman–Crippen MR) is 146 cm³/mol. The van der Waals surface area contributed by atoms with Gasteiger partial charge in [0.1, 0.15) is 16.9 Å². The number of anilines is 1. The van der Waals surface area contributed by atoms with Crippen LogP contribution < -0.4 is 17.0 Å². The average molecular weight is 518 g/mol. The number of carbonyl (C=O) groups is 1. The van der Waals surface area contributed by atoms with Crippen molar-refractivity contribution in [2.24, 2.45) is 5.73 Å². The SMILES string of the molecule is CCc1nn2ccc(C#Cc3ccncc3)c2c(=O)n1-c1ccccc1.NC(=O)c1c(N)nn2cccnc12. The molecular weight excluding hydrogens is 494 g/mol. The summed E-state index contributed by atoms with van der Waals surface area (Å²) in [4.78, 5) is 32.1. The van der Waals surface area contributed by atoms with E-state index < -0.39 is 5.91 Å². The summed E-state index contributed by atoms with van der Waals surface area (Å²) in [7, 11) is 0. The van der Waals surface area contributed by atoms with Gasteiger partial charge >= 0.3 is 0 Å². The molecule has 0 fully saturated rings. The first-order valence-electron chi connectivity index (χ1n) is 12.0. The van der Waals surface area contributed by atoms with E-state index in [0.29, 0.717) is 29.0 Å². The monoisotopic (exact) mass is 517 g/mol. The molecule has 1 aromatic carbocycles. The van der Waals surface area contributed by atoms with E-state index in [0.717, 1.165) is 11.3 Å². The number of para-hydroxylation sites is 1. The molecule has 6 rings (SSSR count). The zero-order chi connectivity index (χ0) is 27.4. The number of benzene rings is 1. The van der Waals surface area contributed by atoms with Crippen molar-refractivity contribution in [3.8, 4) is 17.5 Å². The van der Waals surface area contributed by atoms with Gasteiger partial charge in [-0.3, -0.25) is 19.1 Å². The summed E-state index contributed by atoms with van der Waals surface area (Å²) in [6.07, 6.45) is 9.00. The summed E-state index contributed by atoms with van der Waals surface area (Å²) in [6, 6.07) is 16.7. The topological polar surface area (TPSA) is 151 Å². The Morgan fingerprint density at radius 2 is 1.69 bits per heavy atom. The van der Waals surface area contributed by atoms with E-state index in [4.69, 9.17) is 11.5 Å². The normalized spacial score (nSPS) is 10.5. The van der Waals surface area contributed by atoms with E-state index in [9.17, 15) is 9.59 Å². The summed E-state index contributed by atoms with van der Waals surface area (Å²) in [5, 5.41) is 8.47. The molecular formula is C28H23N9O2. The average Bonchev–Trinajstić information content (AvgIpc) is 3.53. The number of nitrogens with zero attached hydrogens (tertiary/aromatic N) is 7. The van der Waals surface area contributed by atoms with Crippen molar-refractivity contribution in [2.45, 2.75) is 13.3 Å². The maximum atomic E-state index is 13.2. The van der Waals surface area contributed by atoms with Crippen LogP contribution in [0.15, 0.2) is 90.4 Å². The van der Waals surface area contributed by atoms with Crippen LogP contribution in [0.5, 0.6) is 0 Å². The van der Waals surface area contributed by atoms with E-state index >= 15 is 0 Å². The van der Waals surface area contributed by atoms with Crippen LogP contribution in [0.4, 0.5) is 5.82 Å². The van der Waals surface area contributed by atoms with Crippen molar-refractivity contribution in [1.29, 1.82) is 0 Å². The molecule has 0 aliphatic rings. The molecule has 0 saturated carbocycles. The van der Waals surface area contributed by atoms with Crippen LogP contribution in [-0.2, 0) is 6.42 Å². The Labute approximate surface area is 222 Å². The lowest BCUT2D eigenvalue weighted by Gasteiger charge is -2.11. The lowest BCUT2D eigenvalue weighted by Crippen LogP contribution is -2.26. The third-order valence-electron chi connectivity index (χ3n) is 5.77. The summed E-state index contributed by atoms with van der Waals surface area (Å²) in [5.74, 6) is 6.35. The van der Waals surface area contributed by atoms with Crippen molar-refractivity contribution in [2.75, 3.05) is 5.73 Å². The number of hydrogen-bond donors (Lipinski definition) is 2. The molecule has 0 radical (unpaired) electrons. The van der Waals surface area contributed by atoms with E-state index in [2.05, 4.69) is 32.0 Å². The number of nitrogen functional groups attached to an aromatic ring is 1. The number of carbonyl (C=O) groups excluding carboxylic acids is 1. The Kier molecular flexibility index (Phi) is 6.83. The van der Waals surface area contributed by atoms with Crippen LogP contribution in [0.3, 0.4) is 0 Å². The lowest BCUT2D eigenvalue weighted by atomic mass is 10.2. The van der Waals surface area contributed by atoms with Gasteiger partial charge in [0.25, 0.3) is 11.5 Å². The first-order chi connectivity index (χ1) is 19.0. The fourth-order valence-corrected chi connectivity index (χ4v) is 4.00. The third kappa shape index (κ3) is 4.94. The Morgan fingerprint density at radius 1 is 0.923 bits per heavy atom. The quantitative estimate of drug-likeness (QED) is 0.342. The van der Waals surface area contributed by atoms with E-state index in [1.165, 1.54) is 4.52 Å². The molecule has 5 aromatic heterocycles. The molecule has 5 heterocycles. The summed E-state index contributed by atoms with van der Waals surface area (Å²) >= 11 is 0. The van der Waals surface area contributed by atoms with Gasteiger partial charge in [-0.25, -0.2) is 14.0 Å². The minimum absolute atomic E-state index is 0.103. The molecule has 11 heteroatoms. The highest BCUT2D eigenvalue weighted by Crippen LogP contribution is 2.14. The molecule has 0 unspecified atom stereocenters. The molecule has 6 aromatic rings. The number of fused-ring (bicyclic) bond motifs is 2. The fraction of sp³-hybridized carbons (Fsp3) is 0.0714. The Hall–Kier alpha value is -5.76. The van der Waals surface area contributed by atoms with Gasteiger partial charge in [-0.05, 0) is 36.4 Å². The molecule has 0 spiro atoms. The van der Waals surface area contributed by atoms with Crippen LogP contribution in [0, 0.1) is 11.8 Å². The highest BCUT2D eigenvalue weighted by atomic mass is 16.1. The Bertz CT molecular complexity index is 1910. The number of amides is 1. The molecule has 4 N–H and O–H groups in total. The zero-order valence-corrected chi connectivity index (χ0v) is 20.9. The Morgan fingerprint density at radius 3 is 2.41 bits per heavy atom. The largest absolute Gasteiger partial charge is 0.381 e. The fourth-order valence-electron chi connectivity index (χ4n) is 4.00. The molecule has 0 atom stereocenters. The van der Waals surface area contributed by atoms with Crippen molar-refractivity contribution < 1.29 is 4.79 Å². The number of aromatic nitrogens is 7. The van der Waals surface area contributed by atoms with Crippen molar-refractivity contribution in [3.05, 3.63) is 118 Å². The van der Waals surface area contributed by atoms with Gasteiger partial charge in [-0.1, -0.05) is 37.0 Å². The highest BCUT2D eigenvalue weighted by molar-refractivity contribution is 6.03. The molecule has 192 valence electrons. The molecule has 0 aliphatic heterocycles.